The molecule has 0 spiro atoms. The summed E-state index contributed by atoms with van der Waals surface area (Å²) >= 11 is 1.27. The van der Waals surface area contributed by atoms with Crippen molar-refractivity contribution < 1.29 is 17.6 Å². The fourth-order valence-electron chi connectivity index (χ4n) is 5.27. The lowest BCUT2D eigenvalue weighted by atomic mass is 9.65. The molecule has 29 heavy (non-hydrogen) atoms. The van der Waals surface area contributed by atoms with Gasteiger partial charge in [0.05, 0.1) is 16.4 Å². The first kappa shape index (κ1) is 20.7. The second-order valence-corrected chi connectivity index (χ2v) is 12.7. The summed E-state index contributed by atoms with van der Waals surface area (Å²) in [5, 5.41) is 0.396. The van der Waals surface area contributed by atoms with Gasteiger partial charge in [-0.05, 0) is 48.3 Å². The van der Waals surface area contributed by atoms with Crippen molar-refractivity contribution in [1.82, 2.24) is 9.88 Å². The van der Waals surface area contributed by atoms with Gasteiger partial charge in [0.15, 0.2) is 15.4 Å². The van der Waals surface area contributed by atoms with Gasteiger partial charge in [-0.3, -0.25) is 4.79 Å². The summed E-state index contributed by atoms with van der Waals surface area (Å²) in [5.74, 6) is 0.442. The first-order valence-electron chi connectivity index (χ1n) is 10.1. The van der Waals surface area contributed by atoms with Crippen molar-refractivity contribution in [2.75, 3.05) is 18.1 Å². The van der Waals surface area contributed by atoms with E-state index in [4.69, 9.17) is 4.42 Å². The van der Waals surface area contributed by atoms with Crippen LogP contribution >= 0.6 is 11.8 Å². The SMILES string of the molecule is CCS(=O)(=O)c1ccc2oc(SCC(=O)N3CC4(C)CC3CC(C)(C)C4)nc2c1. The minimum absolute atomic E-state index is 0.0409. The van der Waals surface area contributed by atoms with Crippen LogP contribution in [0.1, 0.15) is 47.0 Å². The first-order valence-corrected chi connectivity index (χ1v) is 12.7. The molecular weight excluding hydrogens is 408 g/mol. The predicted molar refractivity (Wildman–Crippen MR) is 114 cm³/mol. The Bertz CT molecular complexity index is 1060. The molecule has 1 aliphatic heterocycles. The molecule has 2 fully saturated rings. The summed E-state index contributed by atoms with van der Waals surface area (Å²) in [5.41, 5.74) is 1.52. The minimum Gasteiger partial charge on any atom is -0.431 e. The molecular formula is C21H28N2O4S2. The predicted octanol–water partition coefficient (Wildman–Crippen LogP) is 4.14. The Morgan fingerprint density at radius 2 is 2.07 bits per heavy atom. The average Bonchev–Trinajstić information content (AvgIpc) is 3.15. The standard InChI is InChI=1S/C21H28N2O4S2/c1-5-29(25,26)15-6-7-17-16(8-15)22-19(27-17)28-11-18(24)23-13-21(4)10-14(23)9-20(2,3)12-21/h6-8,14H,5,9-13H2,1-4H3. The molecule has 2 heterocycles. The fraction of sp³-hybridized carbons (Fsp3) is 0.619. The molecule has 2 unspecified atom stereocenters. The third-order valence-corrected chi connectivity index (χ3v) is 8.68. The van der Waals surface area contributed by atoms with Crippen molar-refractivity contribution in [3.63, 3.8) is 0 Å². The Labute approximate surface area is 176 Å². The highest BCUT2D eigenvalue weighted by Crippen LogP contribution is 2.52. The van der Waals surface area contributed by atoms with Gasteiger partial charge in [0.25, 0.3) is 5.22 Å². The summed E-state index contributed by atoms with van der Waals surface area (Å²) in [6, 6.07) is 5.03. The first-order chi connectivity index (χ1) is 13.5. The van der Waals surface area contributed by atoms with Crippen LogP contribution in [-0.4, -0.2) is 48.3 Å². The highest BCUT2D eigenvalue weighted by atomic mass is 32.2. The van der Waals surface area contributed by atoms with E-state index in [1.165, 1.54) is 17.8 Å². The largest absolute Gasteiger partial charge is 0.431 e. The molecule has 0 N–H and O–H groups in total. The Morgan fingerprint density at radius 3 is 2.79 bits per heavy atom. The summed E-state index contributed by atoms with van der Waals surface area (Å²) < 4.78 is 29.8. The van der Waals surface area contributed by atoms with Gasteiger partial charge in [-0.15, -0.1) is 0 Å². The quantitative estimate of drug-likeness (QED) is 0.655. The van der Waals surface area contributed by atoms with E-state index in [0.29, 0.717) is 22.4 Å². The molecule has 1 saturated heterocycles. The molecule has 2 bridgehead atoms. The molecule has 1 aromatic heterocycles. The number of aromatic nitrogens is 1. The van der Waals surface area contributed by atoms with Gasteiger partial charge >= 0.3 is 0 Å². The molecule has 158 valence electrons. The van der Waals surface area contributed by atoms with Crippen LogP contribution in [0.15, 0.2) is 32.7 Å². The lowest BCUT2D eigenvalue weighted by Crippen LogP contribution is -2.38. The molecule has 2 aliphatic rings. The van der Waals surface area contributed by atoms with Crippen molar-refractivity contribution in [2.24, 2.45) is 10.8 Å². The third kappa shape index (κ3) is 4.06. The van der Waals surface area contributed by atoms with Gasteiger partial charge in [0.1, 0.15) is 5.52 Å². The van der Waals surface area contributed by atoms with Crippen LogP contribution in [0.25, 0.3) is 11.1 Å². The highest BCUT2D eigenvalue weighted by molar-refractivity contribution is 7.99. The number of rotatable bonds is 5. The number of fused-ring (bicyclic) bond motifs is 3. The van der Waals surface area contributed by atoms with Gasteiger partial charge in [-0.2, -0.15) is 0 Å². The summed E-state index contributed by atoms with van der Waals surface area (Å²) in [4.78, 5) is 19.6. The minimum atomic E-state index is -3.29. The van der Waals surface area contributed by atoms with Crippen LogP contribution in [0.2, 0.25) is 0 Å². The fourth-order valence-corrected chi connectivity index (χ4v) is 6.89. The van der Waals surface area contributed by atoms with E-state index >= 15 is 0 Å². The van der Waals surface area contributed by atoms with Crippen molar-refractivity contribution in [3.8, 4) is 0 Å². The van der Waals surface area contributed by atoms with E-state index in [2.05, 4.69) is 30.7 Å². The maximum atomic E-state index is 12.9. The summed E-state index contributed by atoms with van der Waals surface area (Å²) in [6.07, 6.45) is 3.29. The Kier molecular flexibility index (Phi) is 5.01. The molecule has 6 nitrogen and oxygen atoms in total. The average molecular weight is 437 g/mol. The Morgan fingerprint density at radius 1 is 1.31 bits per heavy atom. The molecule has 1 aromatic carbocycles. The van der Waals surface area contributed by atoms with Crippen LogP contribution in [-0.2, 0) is 14.6 Å². The third-order valence-electron chi connectivity index (χ3n) is 6.13. The Hall–Kier alpha value is -1.54. The maximum absolute atomic E-state index is 12.9. The number of sulfone groups is 1. The number of likely N-dealkylation sites (tertiary alicyclic amines) is 1. The second kappa shape index (κ2) is 7.01. The van der Waals surface area contributed by atoms with Crippen LogP contribution in [0, 0.1) is 10.8 Å². The zero-order valence-electron chi connectivity index (χ0n) is 17.4. The number of carbonyl (C=O) groups excluding carboxylic acids is 1. The Balaban J connectivity index is 1.45. The molecule has 8 heteroatoms. The number of carbonyl (C=O) groups is 1. The van der Waals surface area contributed by atoms with Crippen LogP contribution in [0.3, 0.4) is 0 Å². The normalized spacial score (nSPS) is 26.2. The van der Waals surface area contributed by atoms with E-state index in [9.17, 15) is 13.2 Å². The maximum Gasteiger partial charge on any atom is 0.257 e. The lowest BCUT2D eigenvalue weighted by Gasteiger charge is -2.39. The van der Waals surface area contributed by atoms with E-state index in [1.54, 1.807) is 19.1 Å². The second-order valence-electron chi connectivity index (χ2n) is 9.54. The van der Waals surface area contributed by atoms with Gasteiger partial charge < -0.3 is 9.32 Å². The topological polar surface area (TPSA) is 80.5 Å². The van der Waals surface area contributed by atoms with E-state index in [1.807, 2.05) is 0 Å². The van der Waals surface area contributed by atoms with Crippen molar-refractivity contribution >= 4 is 38.6 Å². The van der Waals surface area contributed by atoms with E-state index < -0.39 is 9.84 Å². The van der Waals surface area contributed by atoms with E-state index in [-0.39, 0.29) is 33.1 Å². The molecule has 4 rings (SSSR count). The zero-order valence-corrected chi connectivity index (χ0v) is 19.0. The van der Waals surface area contributed by atoms with Crippen LogP contribution in [0.5, 0.6) is 0 Å². The van der Waals surface area contributed by atoms with Crippen LogP contribution in [0.4, 0.5) is 0 Å². The number of hydrogen-bond acceptors (Lipinski definition) is 6. The number of amides is 1. The number of thioether (sulfide) groups is 1. The number of hydrogen-bond donors (Lipinski definition) is 0. The smallest absolute Gasteiger partial charge is 0.257 e. The number of oxazole rings is 1. The van der Waals surface area contributed by atoms with Gasteiger partial charge in [0.2, 0.25) is 5.91 Å². The highest BCUT2D eigenvalue weighted by Gasteiger charge is 2.50. The molecule has 1 amide bonds. The molecule has 2 aromatic rings. The van der Waals surface area contributed by atoms with Crippen molar-refractivity contribution in [3.05, 3.63) is 18.2 Å². The van der Waals surface area contributed by atoms with E-state index in [0.717, 1.165) is 25.8 Å². The van der Waals surface area contributed by atoms with Gasteiger partial charge in [-0.25, -0.2) is 13.4 Å². The van der Waals surface area contributed by atoms with Crippen molar-refractivity contribution in [1.29, 1.82) is 0 Å². The summed E-state index contributed by atoms with van der Waals surface area (Å²) in [7, 11) is -3.29. The summed E-state index contributed by atoms with van der Waals surface area (Å²) in [6.45, 7) is 9.33. The number of nitrogens with zero attached hydrogens (tertiary/aromatic N) is 2. The zero-order chi connectivity index (χ0) is 21.0. The lowest BCUT2D eigenvalue weighted by molar-refractivity contribution is -0.129. The number of benzene rings is 1. The molecule has 1 saturated carbocycles. The van der Waals surface area contributed by atoms with Gasteiger partial charge in [-0.1, -0.05) is 39.5 Å². The van der Waals surface area contributed by atoms with Gasteiger partial charge in [0, 0.05) is 12.6 Å². The van der Waals surface area contributed by atoms with Crippen LogP contribution < -0.4 is 0 Å². The molecule has 0 radical (unpaired) electrons. The molecule has 1 aliphatic carbocycles. The molecule has 2 atom stereocenters. The monoisotopic (exact) mass is 436 g/mol. The van der Waals surface area contributed by atoms with Crippen molar-refractivity contribution in [2.45, 2.75) is 63.1 Å².